The van der Waals surface area contributed by atoms with Crippen molar-refractivity contribution in [3.05, 3.63) is 30.0 Å². The second kappa shape index (κ2) is 7.55. The van der Waals surface area contributed by atoms with Gasteiger partial charge in [0.25, 0.3) is 0 Å². The van der Waals surface area contributed by atoms with E-state index < -0.39 is 15.8 Å². The lowest BCUT2D eigenvalue weighted by Gasteiger charge is -2.26. The van der Waals surface area contributed by atoms with E-state index in [1.54, 1.807) is 29.2 Å². The topological polar surface area (TPSA) is 115 Å². The number of aromatic nitrogens is 3. The van der Waals surface area contributed by atoms with Crippen molar-refractivity contribution in [3.63, 3.8) is 0 Å². The van der Waals surface area contributed by atoms with Gasteiger partial charge in [-0.05, 0) is 32.4 Å². The van der Waals surface area contributed by atoms with Crippen LogP contribution < -0.4 is 9.64 Å². The molecule has 1 aliphatic rings. The molecule has 0 amide bonds. The maximum absolute atomic E-state index is 11.9. The molecule has 0 radical (unpaired) electrons. The lowest BCUT2D eigenvalue weighted by Crippen LogP contribution is -2.37. The maximum Gasteiger partial charge on any atom is 0.360 e. The van der Waals surface area contributed by atoms with Crippen LogP contribution in [0.15, 0.2) is 24.3 Å². The molecule has 10 heteroatoms. The van der Waals surface area contributed by atoms with E-state index in [1.807, 2.05) is 13.8 Å². The van der Waals surface area contributed by atoms with Gasteiger partial charge in [0.05, 0.1) is 18.1 Å². The molecule has 3 rings (SSSR count). The number of sulfone groups is 1. The standard InChI is InChI=1S/C17H22N4O5S/c1-3-20(12-9-10-27(24,25)11-12)16-15(17(22)23)18-21(19-16)13-7-5-6-8-14(13)26-4-2/h5-8,12H,3-4,9-11H2,1-2H3,(H,22,23). The quantitative estimate of drug-likeness (QED) is 0.749. The van der Waals surface area contributed by atoms with E-state index in [0.29, 0.717) is 31.0 Å². The van der Waals surface area contributed by atoms with Gasteiger partial charge in [-0.2, -0.15) is 0 Å². The monoisotopic (exact) mass is 394 g/mol. The summed E-state index contributed by atoms with van der Waals surface area (Å²) in [7, 11) is -3.12. The molecule has 9 nitrogen and oxygen atoms in total. The average molecular weight is 394 g/mol. The zero-order chi connectivity index (χ0) is 19.6. The number of ether oxygens (including phenoxy) is 1. The first-order valence-electron chi connectivity index (χ1n) is 8.76. The molecule has 1 aromatic heterocycles. The van der Waals surface area contributed by atoms with Gasteiger partial charge in [-0.15, -0.1) is 15.0 Å². The Balaban J connectivity index is 2.05. The molecule has 0 spiro atoms. The number of anilines is 1. The first-order chi connectivity index (χ1) is 12.9. The van der Waals surface area contributed by atoms with Crippen LogP contribution in [-0.2, 0) is 9.84 Å². The zero-order valence-electron chi connectivity index (χ0n) is 15.2. The highest BCUT2D eigenvalue weighted by molar-refractivity contribution is 7.91. The van der Waals surface area contributed by atoms with Crippen molar-refractivity contribution in [3.8, 4) is 11.4 Å². The Morgan fingerprint density at radius 3 is 2.67 bits per heavy atom. The molecule has 1 atom stereocenters. The zero-order valence-corrected chi connectivity index (χ0v) is 16.0. The van der Waals surface area contributed by atoms with Crippen molar-refractivity contribution in [2.45, 2.75) is 26.3 Å². The summed E-state index contributed by atoms with van der Waals surface area (Å²) in [6.45, 7) is 4.55. The Hall–Kier alpha value is -2.62. The normalized spacial score (nSPS) is 18.4. The van der Waals surface area contributed by atoms with E-state index in [4.69, 9.17) is 4.74 Å². The summed E-state index contributed by atoms with van der Waals surface area (Å²) in [6.07, 6.45) is 0.442. The van der Waals surface area contributed by atoms with Gasteiger partial charge in [-0.25, -0.2) is 13.2 Å². The van der Waals surface area contributed by atoms with Gasteiger partial charge in [0.15, 0.2) is 15.7 Å². The predicted octanol–water partition coefficient (Wildman–Crippen LogP) is 1.38. The van der Waals surface area contributed by atoms with Crippen LogP contribution in [0.25, 0.3) is 5.69 Å². The summed E-state index contributed by atoms with van der Waals surface area (Å²) in [5.41, 5.74) is 0.302. The van der Waals surface area contributed by atoms with Crippen LogP contribution >= 0.6 is 0 Å². The number of benzene rings is 1. The lowest BCUT2D eigenvalue weighted by molar-refractivity contribution is 0.0690. The van der Waals surface area contributed by atoms with E-state index in [2.05, 4.69) is 10.2 Å². The number of nitrogens with zero attached hydrogens (tertiary/aromatic N) is 4. The summed E-state index contributed by atoms with van der Waals surface area (Å²) >= 11 is 0. The molecule has 1 fully saturated rings. The van der Waals surface area contributed by atoms with E-state index in [-0.39, 0.29) is 29.1 Å². The molecule has 1 aromatic carbocycles. The largest absolute Gasteiger partial charge is 0.492 e. The van der Waals surface area contributed by atoms with Crippen LogP contribution in [0.4, 0.5) is 5.82 Å². The second-order valence-electron chi connectivity index (χ2n) is 6.21. The third-order valence-electron chi connectivity index (χ3n) is 4.44. The van der Waals surface area contributed by atoms with Crippen LogP contribution in [0.1, 0.15) is 30.8 Å². The number of hydrogen-bond acceptors (Lipinski definition) is 7. The highest BCUT2D eigenvalue weighted by Crippen LogP contribution is 2.28. The average Bonchev–Trinajstić information content (AvgIpc) is 3.21. The molecule has 146 valence electrons. The summed E-state index contributed by atoms with van der Waals surface area (Å²) in [5, 5.41) is 18.1. The molecule has 0 saturated carbocycles. The molecule has 1 N–H and O–H groups in total. The molecule has 1 saturated heterocycles. The first-order valence-corrected chi connectivity index (χ1v) is 10.6. The number of hydrogen-bond donors (Lipinski definition) is 1. The van der Waals surface area contributed by atoms with Crippen LogP contribution in [0, 0.1) is 0 Å². The minimum absolute atomic E-state index is 0.0116. The van der Waals surface area contributed by atoms with Crippen molar-refractivity contribution in [1.29, 1.82) is 0 Å². The molecule has 1 unspecified atom stereocenters. The molecule has 0 bridgehead atoms. The van der Waals surface area contributed by atoms with Gasteiger partial charge < -0.3 is 14.7 Å². The molecular formula is C17H22N4O5S. The first kappa shape index (κ1) is 19.2. The van der Waals surface area contributed by atoms with Crippen LogP contribution in [0.2, 0.25) is 0 Å². The second-order valence-corrected chi connectivity index (χ2v) is 8.44. The van der Waals surface area contributed by atoms with Gasteiger partial charge in [0, 0.05) is 12.6 Å². The van der Waals surface area contributed by atoms with Crippen molar-refractivity contribution < 1.29 is 23.1 Å². The van der Waals surface area contributed by atoms with Gasteiger partial charge in [-0.3, -0.25) is 0 Å². The van der Waals surface area contributed by atoms with Gasteiger partial charge in [-0.1, -0.05) is 12.1 Å². The third-order valence-corrected chi connectivity index (χ3v) is 6.19. The lowest BCUT2D eigenvalue weighted by atomic mass is 10.2. The van der Waals surface area contributed by atoms with E-state index in [9.17, 15) is 18.3 Å². The van der Waals surface area contributed by atoms with Crippen molar-refractivity contribution in [2.24, 2.45) is 0 Å². The van der Waals surface area contributed by atoms with Gasteiger partial charge >= 0.3 is 5.97 Å². The number of carbonyl (C=O) groups is 1. The molecule has 1 aliphatic heterocycles. The van der Waals surface area contributed by atoms with E-state index >= 15 is 0 Å². The predicted molar refractivity (Wildman–Crippen MR) is 99.6 cm³/mol. The molecule has 2 aromatic rings. The number of rotatable bonds is 7. The summed E-state index contributed by atoms with van der Waals surface area (Å²) in [6, 6.07) is 6.76. The molecular weight excluding hydrogens is 372 g/mol. The fourth-order valence-corrected chi connectivity index (χ4v) is 4.97. The summed E-state index contributed by atoms with van der Waals surface area (Å²) < 4.78 is 29.3. The maximum atomic E-state index is 11.9. The number of carboxylic acid groups (broad SMARTS) is 1. The van der Waals surface area contributed by atoms with E-state index in [1.165, 1.54) is 4.80 Å². The summed E-state index contributed by atoms with van der Waals surface area (Å²) in [4.78, 5) is 14.7. The fourth-order valence-electron chi connectivity index (χ4n) is 3.24. The van der Waals surface area contributed by atoms with Crippen molar-refractivity contribution in [1.82, 2.24) is 15.0 Å². The van der Waals surface area contributed by atoms with Crippen molar-refractivity contribution in [2.75, 3.05) is 29.6 Å². The van der Waals surface area contributed by atoms with Crippen LogP contribution in [-0.4, -0.2) is 65.2 Å². The molecule has 0 aliphatic carbocycles. The SMILES string of the molecule is CCOc1ccccc1-n1nc(C(=O)O)c(N(CC)C2CCS(=O)(=O)C2)n1. The number of para-hydroxylation sites is 2. The Labute approximate surface area is 157 Å². The summed E-state index contributed by atoms with van der Waals surface area (Å²) in [5.74, 6) is -0.437. The van der Waals surface area contributed by atoms with Gasteiger partial charge in [0.1, 0.15) is 11.4 Å². The van der Waals surface area contributed by atoms with Crippen LogP contribution in [0.5, 0.6) is 5.75 Å². The van der Waals surface area contributed by atoms with Gasteiger partial charge in [0.2, 0.25) is 5.69 Å². The van der Waals surface area contributed by atoms with Crippen LogP contribution in [0.3, 0.4) is 0 Å². The highest BCUT2D eigenvalue weighted by Gasteiger charge is 2.35. The minimum atomic E-state index is -3.12. The third kappa shape index (κ3) is 3.90. The Morgan fingerprint density at radius 2 is 2.07 bits per heavy atom. The molecule has 2 heterocycles. The highest BCUT2D eigenvalue weighted by atomic mass is 32.2. The van der Waals surface area contributed by atoms with Crippen molar-refractivity contribution >= 4 is 21.6 Å². The fraction of sp³-hybridized carbons (Fsp3) is 0.471. The Morgan fingerprint density at radius 1 is 1.33 bits per heavy atom. The minimum Gasteiger partial charge on any atom is -0.492 e. The molecule has 27 heavy (non-hydrogen) atoms. The number of carboxylic acids is 1. The smallest absolute Gasteiger partial charge is 0.360 e. The Bertz CT molecular complexity index is 941. The number of aromatic carboxylic acids is 1. The Kier molecular flexibility index (Phi) is 5.36. The van der Waals surface area contributed by atoms with E-state index in [0.717, 1.165) is 0 Å².